The number of amides is 1. The lowest BCUT2D eigenvalue weighted by molar-refractivity contribution is 0.0694. The second kappa shape index (κ2) is 7.65. The van der Waals surface area contributed by atoms with Gasteiger partial charge in [0.15, 0.2) is 0 Å². The maximum Gasteiger partial charge on any atom is 0.257 e. The van der Waals surface area contributed by atoms with E-state index in [0.29, 0.717) is 34.4 Å². The molecule has 0 radical (unpaired) electrons. The molecule has 0 unspecified atom stereocenters. The number of methoxy groups -OCH3 is 2. The quantitative estimate of drug-likeness (QED) is 0.772. The molecular formula is C17H20N2O5S2. The zero-order valence-corrected chi connectivity index (χ0v) is 16.2. The SMILES string of the molecule is COc1ccc(OC)c(C(=O)N2CCN(S(=O)(=O)c3cccs3)CC2)c1. The highest BCUT2D eigenvalue weighted by atomic mass is 32.2. The van der Waals surface area contributed by atoms with Crippen molar-refractivity contribution in [3.63, 3.8) is 0 Å². The van der Waals surface area contributed by atoms with Crippen LogP contribution in [0.2, 0.25) is 0 Å². The lowest BCUT2D eigenvalue weighted by atomic mass is 10.1. The third-order valence-corrected chi connectivity index (χ3v) is 7.52. The number of hydrogen-bond acceptors (Lipinski definition) is 6. The van der Waals surface area contributed by atoms with Crippen molar-refractivity contribution in [1.29, 1.82) is 0 Å². The molecule has 1 fully saturated rings. The van der Waals surface area contributed by atoms with Gasteiger partial charge in [0.05, 0.1) is 19.8 Å². The fraction of sp³-hybridized carbons (Fsp3) is 0.353. The van der Waals surface area contributed by atoms with Crippen molar-refractivity contribution in [2.75, 3.05) is 40.4 Å². The molecule has 0 saturated carbocycles. The molecule has 9 heteroatoms. The summed E-state index contributed by atoms with van der Waals surface area (Å²) in [7, 11) is -0.451. The Morgan fingerprint density at radius 2 is 1.81 bits per heavy atom. The summed E-state index contributed by atoms with van der Waals surface area (Å²) >= 11 is 1.20. The smallest absolute Gasteiger partial charge is 0.257 e. The van der Waals surface area contributed by atoms with Gasteiger partial charge in [-0.2, -0.15) is 4.31 Å². The average molecular weight is 396 g/mol. The number of ether oxygens (including phenoxy) is 2. The molecule has 7 nitrogen and oxygen atoms in total. The van der Waals surface area contributed by atoms with Crippen LogP contribution in [0.25, 0.3) is 0 Å². The Hall–Kier alpha value is -2.10. The molecule has 1 aromatic heterocycles. The molecule has 1 amide bonds. The van der Waals surface area contributed by atoms with Crippen LogP contribution in [0, 0.1) is 0 Å². The zero-order valence-electron chi connectivity index (χ0n) is 14.5. The van der Waals surface area contributed by atoms with Gasteiger partial charge in [-0.15, -0.1) is 11.3 Å². The minimum Gasteiger partial charge on any atom is -0.497 e. The summed E-state index contributed by atoms with van der Waals surface area (Å²) in [6.07, 6.45) is 0. The monoisotopic (exact) mass is 396 g/mol. The molecule has 0 aliphatic carbocycles. The molecule has 0 bridgehead atoms. The van der Waals surface area contributed by atoms with Gasteiger partial charge in [0.2, 0.25) is 0 Å². The lowest BCUT2D eigenvalue weighted by Gasteiger charge is -2.34. The number of benzene rings is 1. The molecule has 1 saturated heterocycles. The number of piperazine rings is 1. The highest BCUT2D eigenvalue weighted by Crippen LogP contribution is 2.27. The zero-order chi connectivity index (χ0) is 18.7. The minimum absolute atomic E-state index is 0.200. The highest BCUT2D eigenvalue weighted by molar-refractivity contribution is 7.91. The number of hydrogen-bond donors (Lipinski definition) is 0. The van der Waals surface area contributed by atoms with E-state index in [-0.39, 0.29) is 19.0 Å². The molecule has 0 N–H and O–H groups in total. The van der Waals surface area contributed by atoms with E-state index in [9.17, 15) is 13.2 Å². The van der Waals surface area contributed by atoms with Crippen LogP contribution in [0.15, 0.2) is 39.9 Å². The van der Waals surface area contributed by atoms with Crippen molar-refractivity contribution in [3.05, 3.63) is 41.3 Å². The number of carbonyl (C=O) groups excluding carboxylic acids is 1. The van der Waals surface area contributed by atoms with Gasteiger partial charge in [-0.05, 0) is 29.6 Å². The van der Waals surface area contributed by atoms with E-state index in [2.05, 4.69) is 0 Å². The maximum atomic E-state index is 12.9. The number of carbonyl (C=O) groups is 1. The first kappa shape index (κ1) is 18.7. The van der Waals surface area contributed by atoms with E-state index in [0.717, 1.165) is 0 Å². The molecule has 2 aromatic rings. The van der Waals surface area contributed by atoms with Gasteiger partial charge in [-0.3, -0.25) is 4.79 Å². The van der Waals surface area contributed by atoms with Crippen LogP contribution in [-0.2, 0) is 10.0 Å². The highest BCUT2D eigenvalue weighted by Gasteiger charge is 2.31. The topological polar surface area (TPSA) is 76.2 Å². The van der Waals surface area contributed by atoms with Crippen LogP contribution < -0.4 is 9.47 Å². The van der Waals surface area contributed by atoms with Crippen molar-refractivity contribution in [1.82, 2.24) is 9.21 Å². The van der Waals surface area contributed by atoms with Crippen molar-refractivity contribution in [2.24, 2.45) is 0 Å². The van der Waals surface area contributed by atoms with Gasteiger partial charge in [-0.25, -0.2) is 8.42 Å². The summed E-state index contributed by atoms with van der Waals surface area (Å²) in [5.74, 6) is 0.825. The molecule has 1 aliphatic heterocycles. The fourth-order valence-corrected chi connectivity index (χ4v) is 5.39. The summed E-state index contributed by atoms with van der Waals surface area (Å²) in [4.78, 5) is 14.5. The third kappa shape index (κ3) is 3.55. The van der Waals surface area contributed by atoms with E-state index < -0.39 is 10.0 Å². The summed E-state index contributed by atoms with van der Waals surface area (Å²) in [5, 5.41) is 1.74. The van der Waals surface area contributed by atoms with Crippen molar-refractivity contribution >= 4 is 27.3 Å². The Labute approximate surface area is 156 Å². The standard InChI is InChI=1S/C17H20N2O5S2/c1-23-13-5-6-15(24-2)14(12-13)17(20)18-7-9-19(10-8-18)26(21,22)16-4-3-11-25-16/h3-6,11-12H,7-10H2,1-2H3. The minimum atomic E-state index is -3.49. The van der Waals surface area contributed by atoms with Crippen LogP contribution in [-0.4, -0.2) is 63.9 Å². The van der Waals surface area contributed by atoms with Crippen molar-refractivity contribution < 1.29 is 22.7 Å². The van der Waals surface area contributed by atoms with E-state index in [1.807, 2.05) is 0 Å². The molecule has 26 heavy (non-hydrogen) atoms. The number of rotatable bonds is 5. The average Bonchev–Trinajstić information content (AvgIpc) is 3.22. The van der Waals surface area contributed by atoms with E-state index in [1.165, 1.54) is 29.9 Å². The summed E-state index contributed by atoms with van der Waals surface area (Å²) in [6.45, 7) is 1.17. The van der Waals surface area contributed by atoms with Crippen LogP contribution in [0.3, 0.4) is 0 Å². The lowest BCUT2D eigenvalue weighted by Crippen LogP contribution is -2.50. The molecule has 1 aromatic carbocycles. The Morgan fingerprint density at radius 1 is 1.08 bits per heavy atom. The predicted molar refractivity (Wildman–Crippen MR) is 98.5 cm³/mol. The van der Waals surface area contributed by atoms with Gasteiger partial charge >= 0.3 is 0 Å². The largest absolute Gasteiger partial charge is 0.497 e. The Bertz CT molecular complexity index is 873. The van der Waals surface area contributed by atoms with Gasteiger partial charge in [0.1, 0.15) is 15.7 Å². The molecule has 140 valence electrons. The van der Waals surface area contributed by atoms with Gasteiger partial charge < -0.3 is 14.4 Å². The Morgan fingerprint density at radius 3 is 2.38 bits per heavy atom. The fourth-order valence-electron chi connectivity index (χ4n) is 2.82. The Balaban J connectivity index is 1.73. The molecule has 3 rings (SSSR count). The predicted octanol–water partition coefficient (Wildman–Crippen LogP) is 1.91. The van der Waals surface area contributed by atoms with Crippen LogP contribution in [0.1, 0.15) is 10.4 Å². The molecule has 1 aliphatic rings. The summed E-state index contributed by atoms with van der Waals surface area (Å²) in [6, 6.07) is 8.35. The van der Waals surface area contributed by atoms with Gasteiger partial charge in [0.25, 0.3) is 15.9 Å². The summed E-state index contributed by atoms with van der Waals surface area (Å²) in [5.41, 5.74) is 0.404. The first-order chi connectivity index (χ1) is 12.5. The molecule has 0 atom stereocenters. The van der Waals surface area contributed by atoms with Crippen LogP contribution >= 0.6 is 11.3 Å². The van der Waals surface area contributed by atoms with E-state index >= 15 is 0 Å². The normalized spacial score (nSPS) is 15.7. The van der Waals surface area contributed by atoms with Gasteiger partial charge in [-0.1, -0.05) is 6.07 Å². The second-order valence-electron chi connectivity index (χ2n) is 5.69. The van der Waals surface area contributed by atoms with E-state index in [4.69, 9.17) is 9.47 Å². The first-order valence-corrected chi connectivity index (χ1v) is 10.3. The first-order valence-electron chi connectivity index (χ1n) is 8.02. The number of nitrogens with zero attached hydrogens (tertiary/aromatic N) is 2. The Kier molecular flexibility index (Phi) is 5.49. The molecule has 0 spiro atoms. The molecule has 2 heterocycles. The maximum absolute atomic E-state index is 12.9. The summed E-state index contributed by atoms with van der Waals surface area (Å²) < 4.78 is 37.4. The van der Waals surface area contributed by atoms with Crippen LogP contribution in [0.5, 0.6) is 11.5 Å². The number of sulfonamides is 1. The third-order valence-electron chi connectivity index (χ3n) is 4.25. The van der Waals surface area contributed by atoms with Crippen molar-refractivity contribution in [2.45, 2.75) is 4.21 Å². The van der Waals surface area contributed by atoms with E-state index in [1.54, 1.807) is 40.6 Å². The second-order valence-corrected chi connectivity index (χ2v) is 8.81. The van der Waals surface area contributed by atoms with Gasteiger partial charge in [0, 0.05) is 26.2 Å². The molecular weight excluding hydrogens is 376 g/mol. The van der Waals surface area contributed by atoms with Crippen molar-refractivity contribution in [3.8, 4) is 11.5 Å². The van der Waals surface area contributed by atoms with Crippen LogP contribution in [0.4, 0.5) is 0 Å². The number of thiophene rings is 1.